The molecule has 9 heteroatoms. The monoisotopic (exact) mass is 420 g/mol. The van der Waals surface area contributed by atoms with Gasteiger partial charge < -0.3 is 18.8 Å². The highest BCUT2D eigenvalue weighted by Gasteiger charge is 2.14. The van der Waals surface area contributed by atoms with E-state index in [4.69, 9.17) is 25.8 Å². The van der Waals surface area contributed by atoms with Crippen molar-refractivity contribution in [3.8, 4) is 11.5 Å². The van der Waals surface area contributed by atoms with Crippen LogP contribution in [-0.2, 0) is 21.4 Å². The molecule has 0 radical (unpaired) electrons. The number of hydrogen-bond acceptors (Lipinski definition) is 6. The number of amides is 2. The third-order valence-corrected chi connectivity index (χ3v) is 4.00. The maximum Gasteiger partial charge on any atom is 0.331 e. The van der Waals surface area contributed by atoms with E-state index < -0.39 is 24.4 Å². The van der Waals surface area contributed by atoms with Gasteiger partial charge in [0.1, 0.15) is 5.69 Å². The van der Waals surface area contributed by atoms with Gasteiger partial charge in [-0.1, -0.05) is 11.6 Å². The van der Waals surface area contributed by atoms with Crippen molar-refractivity contribution in [3.05, 3.63) is 52.8 Å². The Morgan fingerprint density at radius 3 is 2.66 bits per heavy atom. The van der Waals surface area contributed by atoms with Crippen molar-refractivity contribution in [2.75, 3.05) is 20.3 Å². The number of imide groups is 1. The average Bonchev–Trinajstić information content (AvgIpc) is 3.11. The number of ether oxygens (including phenoxy) is 3. The molecule has 0 atom stereocenters. The molecule has 0 saturated carbocycles. The van der Waals surface area contributed by atoms with Crippen molar-refractivity contribution in [1.82, 2.24) is 9.88 Å². The van der Waals surface area contributed by atoms with Crippen molar-refractivity contribution in [3.63, 3.8) is 0 Å². The molecule has 2 rings (SSSR count). The number of methoxy groups -OCH3 is 1. The molecule has 2 aromatic rings. The Kier molecular flexibility index (Phi) is 7.85. The SMILES string of the molecule is CCOc1cc(/C=C/C(=O)OCC(=O)NC(=O)c2cccn2C)cc(Cl)c1OC. The van der Waals surface area contributed by atoms with Crippen LogP contribution in [-0.4, -0.2) is 42.7 Å². The van der Waals surface area contributed by atoms with Crippen LogP contribution in [0.4, 0.5) is 0 Å². The number of carbonyl (C=O) groups is 3. The van der Waals surface area contributed by atoms with Crippen molar-refractivity contribution < 1.29 is 28.6 Å². The standard InChI is InChI=1S/C20H21ClN2O6/c1-4-28-16-11-13(10-14(21)19(16)27-3)7-8-18(25)29-12-17(24)22-20(26)15-6-5-9-23(15)2/h5-11H,4,12H2,1-3H3,(H,22,24,26)/b8-7+. The van der Waals surface area contributed by atoms with Crippen LogP contribution in [0.2, 0.25) is 5.02 Å². The van der Waals surface area contributed by atoms with Crippen LogP contribution in [0, 0.1) is 0 Å². The fourth-order valence-corrected chi connectivity index (χ4v) is 2.71. The molecule has 1 aromatic carbocycles. The molecular weight excluding hydrogens is 400 g/mol. The average molecular weight is 421 g/mol. The van der Waals surface area contributed by atoms with Crippen LogP contribution in [0.1, 0.15) is 23.0 Å². The first-order valence-electron chi connectivity index (χ1n) is 8.66. The first-order valence-corrected chi connectivity index (χ1v) is 9.04. The smallest absolute Gasteiger partial charge is 0.331 e. The number of esters is 1. The second kappa shape index (κ2) is 10.3. The van der Waals surface area contributed by atoms with E-state index in [1.807, 2.05) is 6.92 Å². The topological polar surface area (TPSA) is 95.9 Å². The van der Waals surface area contributed by atoms with Crippen LogP contribution >= 0.6 is 11.6 Å². The molecular formula is C20H21ClN2O6. The van der Waals surface area contributed by atoms with E-state index >= 15 is 0 Å². The van der Waals surface area contributed by atoms with Crippen molar-refractivity contribution >= 4 is 35.5 Å². The third-order valence-electron chi connectivity index (χ3n) is 3.72. The number of aryl methyl sites for hydroxylation is 1. The summed E-state index contributed by atoms with van der Waals surface area (Å²) in [4.78, 5) is 35.5. The molecule has 2 amide bonds. The minimum absolute atomic E-state index is 0.311. The van der Waals surface area contributed by atoms with Crippen LogP contribution in [0.15, 0.2) is 36.5 Å². The van der Waals surface area contributed by atoms with Crippen LogP contribution in [0.3, 0.4) is 0 Å². The molecule has 0 aliphatic heterocycles. The van der Waals surface area contributed by atoms with E-state index in [-0.39, 0.29) is 0 Å². The van der Waals surface area contributed by atoms with Gasteiger partial charge in [-0.05, 0) is 42.8 Å². The van der Waals surface area contributed by atoms with Crippen LogP contribution < -0.4 is 14.8 Å². The Bertz CT molecular complexity index is 935. The zero-order valence-corrected chi connectivity index (χ0v) is 17.0. The minimum Gasteiger partial charge on any atom is -0.491 e. The molecule has 1 aromatic heterocycles. The number of hydrogen-bond donors (Lipinski definition) is 1. The number of aromatic nitrogens is 1. The van der Waals surface area contributed by atoms with E-state index in [0.717, 1.165) is 6.08 Å². The van der Waals surface area contributed by atoms with Gasteiger partial charge in [0.25, 0.3) is 11.8 Å². The predicted octanol–water partition coefficient (Wildman–Crippen LogP) is 2.60. The fourth-order valence-electron chi connectivity index (χ4n) is 2.42. The van der Waals surface area contributed by atoms with Gasteiger partial charge in [0.2, 0.25) is 0 Å². The van der Waals surface area contributed by atoms with Crippen molar-refractivity contribution in [2.24, 2.45) is 7.05 Å². The maximum absolute atomic E-state index is 11.9. The summed E-state index contributed by atoms with van der Waals surface area (Å²) in [5, 5.41) is 2.47. The lowest BCUT2D eigenvalue weighted by atomic mass is 10.2. The second-order valence-corrected chi connectivity index (χ2v) is 6.20. The van der Waals surface area contributed by atoms with Crippen LogP contribution in [0.5, 0.6) is 11.5 Å². The van der Waals surface area contributed by atoms with Gasteiger partial charge in [0.05, 0.1) is 18.7 Å². The fraction of sp³-hybridized carbons (Fsp3) is 0.250. The van der Waals surface area contributed by atoms with Gasteiger partial charge in [0, 0.05) is 19.3 Å². The first kappa shape index (κ1) is 22.0. The number of halogens is 1. The minimum atomic E-state index is -0.753. The quantitative estimate of drug-likeness (QED) is 0.521. The molecule has 1 heterocycles. The lowest BCUT2D eigenvalue weighted by Gasteiger charge is -2.11. The van der Waals surface area contributed by atoms with Gasteiger partial charge in [-0.3, -0.25) is 14.9 Å². The Morgan fingerprint density at radius 1 is 1.28 bits per heavy atom. The zero-order chi connectivity index (χ0) is 21.4. The van der Waals surface area contributed by atoms with Gasteiger partial charge in [-0.2, -0.15) is 0 Å². The summed E-state index contributed by atoms with van der Waals surface area (Å²) in [6.07, 6.45) is 4.27. The van der Waals surface area contributed by atoms with Crippen molar-refractivity contribution in [1.29, 1.82) is 0 Å². The summed E-state index contributed by atoms with van der Waals surface area (Å²) in [6, 6.07) is 6.49. The van der Waals surface area contributed by atoms with Gasteiger partial charge >= 0.3 is 5.97 Å². The van der Waals surface area contributed by atoms with E-state index in [1.165, 1.54) is 13.2 Å². The van der Waals surface area contributed by atoms with Crippen LogP contribution in [0.25, 0.3) is 6.08 Å². The number of benzene rings is 1. The first-order chi connectivity index (χ1) is 13.8. The number of rotatable bonds is 8. The number of nitrogens with one attached hydrogen (secondary N) is 1. The molecule has 1 N–H and O–H groups in total. The van der Waals surface area contributed by atoms with Gasteiger partial charge in [0.15, 0.2) is 18.1 Å². The van der Waals surface area contributed by atoms with Gasteiger partial charge in [-0.15, -0.1) is 0 Å². The zero-order valence-electron chi connectivity index (χ0n) is 16.2. The molecule has 29 heavy (non-hydrogen) atoms. The predicted molar refractivity (Wildman–Crippen MR) is 107 cm³/mol. The molecule has 8 nitrogen and oxygen atoms in total. The van der Waals surface area contributed by atoms with E-state index in [1.54, 1.807) is 42.1 Å². The summed E-state index contributed by atoms with van der Waals surface area (Å²) in [5.74, 6) is -1.23. The normalized spacial score (nSPS) is 10.6. The molecule has 0 spiro atoms. The summed E-state index contributed by atoms with van der Waals surface area (Å²) < 4.78 is 17.1. The Morgan fingerprint density at radius 2 is 2.03 bits per heavy atom. The van der Waals surface area contributed by atoms with E-state index in [2.05, 4.69) is 5.32 Å². The number of nitrogens with zero attached hydrogens (tertiary/aromatic N) is 1. The molecule has 0 saturated heterocycles. The summed E-state index contributed by atoms with van der Waals surface area (Å²) in [5.41, 5.74) is 0.894. The Hall–Kier alpha value is -3.26. The van der Waals surface area contributed by atoms with Crippen molar-refractivity contribution in [2.45, 2.75) is 6.92 Å². The Labute approximate surface area is 173 Å². The van der Waals surface area contributed by atoms with E-state index in [0.29, 0.717) is 34.4 Å². The Balaban J connectivity index is 1.92. The highest BCUT2D eigenvalue weighted by molar-refractivity contribution is 6.32. The molecule has 0 unspecified atom stereocenters. The maximum atomic E-state index is 11.9. The van der Waals surface area contributed by atoms with Gasteiger partial charge in [-0.25, -0.2) is 4.79 Å². The molecule has 154 valence electrons. The molecule has 0 aliphatic carbocycles. The third kappa shape index (κ3) is 6.11. The highest BCUT2D eigenvalue weighted by Crippen LogP contribution is 2.36. The molecule has 0 aliphatic rings. The largest absolute Gasteiger partial charge is 0.491 e. The summed E-state index contributed by atoms with van der Waals surface area (Å²) in [7, 11) is 3.15. The van der Waals surface area contributed by atoms with E-state index in [9.17, 15) is 14.4 Å². The molecule has 0 fully saturated rings. The summed E-state index contributed by atoms with van der Waals surface area (Å²) >= 11 is 6.15. The highest BCUT2D eigenvalue weighted by atomic mass is 35.5. The molecule has 0 bridgehead atoms. The second-order valence-electron chi connectivity index (χ2n) is 5.79. The summed E-state index contributed by atoms with van der Waals surface area (Å²) in [6.45, 7) is 1.65. The lowest BCUT2D eigenvalue weighted by molar-refractivity contribution is -0.143. The lowest BCUT2D eigenvalue weighted by Crippen LogP contribution is -2.34. The number of carbonyl (C=O) groups excluding carboxylic acids is 3.